The molecule has 0 saturated heterocycles. The van der Waals surface area contributed by atoms with E-state index in [0.717, 1.165) is 6.54 Å². The highest BCUT2D eigenvalue weighted by Crippen LogP contribution is 2.48. The second-order valence-electron chi connectivity index (χ2n) is 4.56. The van der Waals surface area contributed by atoms with Gasteiger partial charge in [-0.05, 0) is 31.6 Å². The number of rotatable bonds is 6. The van der Waals surface area contributed by atoms with Crippen molar-refractivity contribution in [1.29, 1.82) is 0 Å². The maximum absolute atomic E-state index is 5.78. The topological polar surface area (TPSA) is 59.6 Å². The summed E-state index contributed by atoms with van der Waals surface area (Å²) in [6, 6.07) is 0.218. The van der Waals surface area contributed by atoms with Crippen LogP contribution in [0.15, 0.2) is 4.99 Å². The molecule has 0 radical (unpaired) electrons. The Morgan fingerprint density at radius 1 is 1.56 bits per heavy atom. The number of methoxy groups -OCH3 is 1. The predicted octanol–water partition coefficient (Wildman–Crippen LogP) is 1.73. The molecular formula is C11H24IN3O. The van der Waals surface area contributed by atoms with Crippen molar-refractivity contribution in [3.05, 3.63) is 0 Å². The lowest BCUT2D eigenvalue weighted by atomic mass is 10.1. The smallest absolute Gasteiger partial charge is 0.188 e. The van der Waals surface area contributed by atoms with Gasteiger partial charge in [-0.2, -0.15) is 0 Å². The first-order valence-corrected chi connectivity index (χ1v) is 5.67. The summed E-state index contributed by atoms with van der Waals surface area (Å²) in [6.07, 6.45) is 3.80. The highest BCUT2D eigenvalue weighted by molar-refractivity contribution is 14.0. The molecule has 0 spiro atoms. The minimum absolute atomic E-state index is 0. The Balaban J connectivity index is 0.00000225. The number of guanidine groups is 1. The highest BCUT2D eigenvalue weighted by atomic mass is 127. The van der Waals surface area contributed by atoms with Gasteiger partial charge >= 0.3 is 0 Å². The van der Waals surface area contributed by atoms with E-state index in [0.29, 0.717) is 18.0 Å². The number of halogens is 1. The summed E-state index contributed by atoms with van der Waals surface area (Å²) in [5.74, 6) is 0.541. The number of nitrogens with one attached hydrogen (secondary N) is 1. The van der Waals surface area contributed by atoms with Crippen LogP contribution >= 0.6 is 24.0 Å². The second-order valence-corrected chi connectivity index (χ2v) is 4.56. The summed E-state index contributed by atoms with van der Waals surface area (Å²) in [4.78, 5) is 4.38. The maximum atomic E-state index is 5.78. The van der Waals surface area contributed by atoms with Gasteiger partial charge in [0.2, 0.25) is 0 Å². The Morgan fingerprint density at radius 3 is 2.62 bits per heavy atom. The molecule has 1 fully saturated rings. The van der Waals surface area contributed by atoms with Crippen LogP contribution in [0.4, 0.5) is 0 Å². The molecule has 1 atom stereocenters. The number of nitrogens with two attached hydrogens (primary N) is 1. The normalized spacial score (nSPS) is 19.8. The van der Waals surface area contributed by atoms with Crippen LogP contribution in [0.25, 0.3) is 0 Å². The van der Waals surface area contributed by atoms with Gasteiger partial charge in [0.15, 0.2) is 5.96 Å². The lowest BCUT2D eigenvalue weighted by Gasteiger charge is -2.14. The molecule has 4 nitrogen and oxygen atoms in total. The van der Waals surface area contributed by atoms with Crippen LogP contribution < -0.4 is 11.1 Å². The van der Waals surface area contributed by atoms with Crippen LogP contribution in [-0.2, 0) is 4.74 Å². The fraction of sp³-hybridized carbons (Fsp3) is 0.909. The zero-order chi connectivity index (χ0) is 11.3. The van der Waals surface area contributed by atoms with E-state index in [1.165, 1.54) is 19.3 Å². The van der Waals surface area contributed by atoms with Crippen molar-refractivity contribution in [2.45, 2.75) is 39.2 Å². The van der Waals surface area contributed by atoms with Crippen LogP contribution in [0, 0.1) is 5.41 Å². The predicted molar refractivity (Wildman–Crippen MR) is 78.3 cm³/mol. The molecule has 0 bridgehead atoms. The number of ether oxygens (including phenoxy) is 1. The number of nitrogens with zero attached hydrogens (tertiary/aromatic N) is 1. The lowest BCUT2D eigenvalue weighted by molar-refractivity contribution is 0.179. The third kappa shape index (κ3) is 5.34. The van der Waals surface area contributed by atoms with Crippen molar-refractivity contribution in [2.75, 3.05) is 20.3 Å². The van der Waals surface area contributed by atoms with Gasteiger partial charge in [0, 0.05) is 19.7 Å². The summed E-state index contributed by atoms with van der Waals surface area (Å²) in [5.41, 5.74) is 6.25. The minimum Gasteiger partial charge on any atom is -0.383 e. The van der Waals surface area contributed by atoms with Crippen LogP contribution in [0.3, 0.4) is 0 Å². The molecule has 0 aromatic carbocycles. The van der Waals surface area contributed by atoms with E-state index >= 15 is 0 Å². The first-order chi connectivity index (χ1) is 7.12. The first kappa shape index (κ1) is 16.0. The zero-order valence-electron chi connectivity index (χ0n) is 10.5. The molecule has 1 aliphatic rings. The van der Waals surface area contributed by atoms with Crippen molar-refractivity contribution in [3.63, 3.8) is 0 Å². The van der Waals surface area contributed by atoms with Crippen LogP contribution in [0.1, 0.15) is 33.1 Å². The Labute approximate surface area is 115 Å². The molecular weight excluding hydrogens is 317 g/mol. The van der Waals surface area contributed by atoms with Crippen LogP contribution in [0.2, 0.25) is 0 Å². The Hall–Kier alpha value is -0.0400. The van der Waals surface area contributed by atoms with E-state index in [1.54, 1.807) is 7.11 Å². The number of hydrogen-bond donors (Lipinski definition) is 2. The summed E-state index contributed by atoms with van der Waals surface area (Å²) in [7, 11) is 1.68. The fourth-order valence-corrected chi connectivity index (χ4v) is 1.64. The molecule has 0 aromatic rings. The van der Waals surface area contributed by atoms with Gasteiger partial charge in [-0.25, -0.2) is 0 Å². The third-order valence-corrected chi connectivity index (χ3v) is 3.10. The Morgan fingerprint density at radius 2 is 2.19 bits per heavy atom. The standard InChI is InChI=1S/C11H23N3O.HI/c1-4-11(5-6-11)8-13-10(12)14-9(2)7-15-3;/h9H,4-8H2,1-3H3,(H3,12,13,14);1H. The molecule has 1 rings (SSSR count). The van der Waals surface area contributed by atoms with E-state index < -0.39 is 0 Å². The monoisotopic (exact) mass is 341 g/mol. The Bertz CT molecular complexity index is 229. The van der Waals surface area contributed by atoms with Gasteiger partial charge in [0.25, 0.3) is 0 Å². The maximum Gasteiger partial charge on any atom is 0.188 e. The van der Waals surface area contributed by atoms with Crippen LogP contribution in [0.5, 0.6) is 0 Å². The van der Waals surface area contributed by atoms with E-state index in [1.807, 2.05) is 6.92 Å². The summed E-state index contributed by atoms with van der Waals surface area (Å²) in [5, 5.41) is 3.11. The first-order valence-electron chi connectivity index (χ1n) is 5.67. The summed E-state index contributed by atoms with van der Waals surface area (Å²) < 4.78 is 5.01. The van der Waals surface area contributed by atoms with E-state index in [4.69, 9.17) is 10.5 Å². The molecule has 96 valence electrons. The van der Waals surface area contributed by atoms with Crippen LogP contribution in [-0.4, -0.2) is 32.3 Å². The Kier molecular flexibility index (Phi) is 7.30. The molecule has 0 heterocycles. The molecule has 0 aliphatic heterocycles. The number of aliphatic imine (C=N–C) groups is 1. The highest BCUT2D eigenvalue weighted by Gasteiger charge is 2.40. The zero-order valence-corrected chi connectivity index (χ0v) is 12.8. The van der Waals surface area contributed by atoms with Gasteiger partial charge in [-0.15, -0.1) is 24.0 Å². The van der Waals surface area contributed by atoms with E-state index in [-0.39, 0.29) is 30.0 Å². The van der Waals surface area contributed by atoms with Crippen molar-refractivity contribution in [3.8, 4) is 0 Å². The summed E-state index contributed by atoms with van der Waals surface area (Å²) in [6.45, 7) is 5.76. The van der Waals surface area contributed by atoms with Gasteiger partial charge in [-0.1, -0.05) is 6.92 Å². The third-order valence-electron chi connectivity index (χ3n) is 3.10. The van der Waals surface area contributed by atoms with Gasteiger partial charge in [-0.3, -0.25) is 4.99 Å². The molecule has 5 heteroatoms. The van der Waals surface area contributed by atoms with Crippen molar-refractivity contribution < 1.29 is 4.74 Å². The SMILES string of the molecule is CCC1(CN=C(N)NC(C)COC)CC1.I. The molecule has 3 N–H and O–H groups in total. The summed E-state index contributed by atoms with van der Waals surface area (Å²) >= 11 is 0. The van der Waals surface area contributed by atoms with Gasteiger partial charge in [0.1, 0.15) is 0 Å². The molecule has 0 amide bonds. The van der Waals surface area contributed by atoms with Gasteiger partial charge in [0.05, 0.1) is 6.61 Å². The molecule has 1 unspecified atom stereocenters. The fourth-order valence-electron chi connectivity index (χ4n) is 1.64. The molecule has 1 aliphatic carbocycles. The lowest BCUT2D eigenvalue weighted by Crippen LogP contribution is -2.41. The van der Waals surface area contributed by atoms with E-state index in [9.17, 15) is 0 Å². The number of hydrogen-bond acceptors (Lipinski definition) is 2. The average molecular weight is 341 g/mol. The van der Waals surface area contributed by atoms with E-state index in [2.05, 4.69) is 17.2 Å². The average Bonchev–Trinajstić information content (AvgIpc) is 2.96. The van der Waals surface area contributed by atoms with Crippen molar-refractivity contribution in [1.82, 2.24) is 5.32 Å². The molecule has 1 saturated carbocycles. The largest absolute Gasteiger partial charge is 0.383 e. The quantitative estimate of drug-likeness (QED) is 0.440. The molecule has 16 heavy (non-hydrogen) atoms. The van der Waals surface area contributed by atoms with Crippen molar-refractivity contribution >= 4 is 29.9 Å². The minimum atomic E-state index is 0. The van der Waals surface area contributed by atoms with Crippen molar-refractivity contribution in [2.24, 2.45) is 16.1 Å². The second kappa shape index (κ2) is 7.32. The van der Waals surface area contributed by atoms with Gasteiger partial charge < -0.3 is 15.8 Å². The molecule has 0 aromatic heterocycles.